The van der Waals surface area contributed by atoms with Gasteiger partial charge in [-0.25, -0.2) is 0 Å². The van der Waals surface area contributed by atoms with Crippen LogP contribution >= 0.6 is 0 Å². The average molecular weight is 185 g/mol. The molecule has 0 aliphatic rings. The van der Waals surface area contributed by atoms with Crippen LogP contribution in [0.5, 0.6) is 0 Å². The first-order valence-corrected chi connectivity index (χ1v) is 5.03. The molecule has 14 heavy (non-hydrogen) atoms. The van der Waals surface area contributed by atoms with E-state index in [2.05, 4.69) is 39.7 Å². The van der Waals surface area contributed by atoms with Crippen LogP contribution in [0.1, 0.15) is 34.2 Å². The molecular formula is C14H17. The number of rotatable bonds is 2. The first-order chi connectivity index (χ1) is 6.57. The minimum atomic E-state index is 0.726. The summed E-state index contributed by atoms with van der Waals surface area (Å²) in [5, 5.41) is 0. The summed E-state index contributed by atoms with van der Waals surface area (Å²) in [4.78, 5) is 0. The fourth-order valence-electron chi connectivity index (χ4n) is 1.91. The zero-order valence-electron chi connectivity index (χ0n) is 9.49. The number of aryl methyl sites for hydroxylation is 2. The summed E-state index contributed by atoms with van der Waals surface area (Å²) in [6, 6.07) is 2.24. The van der Waals surface area contributed by atoms with E-state index < -0.39 is 0 Å². The molecule has 73 valence electrons. The molecule has 0 unspecified atom stereocenters. The first-order valence-electron chi connectivity index (χ1n) is 5.03. The lowest BCUT2D eigenvalue weighted by atomic mass is 9.92. The lowest BCUT2D eigenvalue weighted by Gasteiger charge is -2.13. The van der Waals surface area contributed by atoms with Gasteiger partial charge < -0.3 is 0 Å². The van der Waals surface area contributed by atoms with Crippen LogP contribution in [0, 0.1) is 40.0 Å². The largest absolute Gasteiger partial charge is 0.0888 e. The summed E-state index contributed by atoms with van der Waals surface area (Å²) in [6.45, 7) is 8.65. The van der Waals surface area contributed by atoms with Crippen molar-refractivity contribution in [2.24, 2.45) is 0 Å². The third-order valence-electron chi connectivity index (χ3n) is 3.02. The predicted octanol–water partition coefficient (Wildman–Crippen LogP) is 3.44. The topological polar surface area (TPSA) is 0 Å². The summed E-state index contributed by atoms with van der Waals surface area (Å²) >= 11 is 0. The van der Waals surface area contributed by atoms with Crippen molar-refractivity contribution >= 4 is 0 Å². The zero-order valence-corrected chi connectivity index (χ0v) is 9.49. The van der Waals surface area contributed by atoms with E-state index >= 15 is 0 Å². The third-order valence-corrected chi connectivity index (χ3v) is 3.02. The molecule has 0 aliphatic heterocycles. The van der Waals surface area contributed by atoms with Crippen LogP contribution in [0.3, 0.4) is 0 Å². The van der Waals surface area contributed by atoms with E-state index in [1.165, 1.54) is 27.8 Å². The molecule has 0 amide bonds. The number of benzene rings is 1. The monoisotopic (exact) mass is 185 g/mol. The normalized spacial score (nSPS) is 9.93. The van der Waals surface area contributed by atoms with Crippen molar-refractivity contribution < 1.29 is 0 Å². The quantitative estimate of drug-likeness (QED) is 0.619. The summed E-state index contributed by atoms with van der Waals surface area (Å²) in [5.74, 6) is 2.45. The van der Waals surface area contributed by atoms with Crippen LogP contribution in [0.25, 0.3) is 0 Å². The molecule has 0 N–H and O–H groups in total. The maximum absolute atomic E-state index is 6.94. The van der Waals surface area contributed by atoms with Gasteiger partial charge in [0.2, 0.25) is 0 Å². The van der Waals surface area contributed by atoms with Crippen molar-refractivity contribution in [2.45, 2.75) is 40.5 Å². The van der Waals surface area contributed by atoms with Gasteiger partial charge in [-0.05, 0) is 68.4 Å². The minimum absolute atomic E-state index is 0.726. The smallest absolute Gasteiger partial charge is 0.0140 e. The van der Waals surface area contributed by atoms with Gasteiger partial charge in [-0.1, -0.05) is 12.0 Å². The molecule has 0 atom stereocenters. The van der Waals surface area contributed by atoms with Crippen LogP contribution < -0.4 is 0 Å². The fraction of sp³-hybridized carbons (Fsp3) is 0.429. The maximum atomic E-state index is 6.94. The molecular weight excluding hydrogens is 168 g/mol. The van der Waals surface area contributed by atoms with Crippen LogP contribution in [-0.2, 0) is 6.42 Å². The molecule has 0 fully saturated rings. The van der Waals surface area contributed by atoms with Crippen molar-refractivity contribution in [1.82, 2.24) is 0 Å². The molecule has 1 aromatic carbocycles. The summed E-state index contributed by atoms with van der Waals surface area (Å²) in [7, 11) is 0. The Hall–Kier alpha value is -1.22. The highest BCUT2D eigenvalue weighted by atomic mass is 14.1. The summed E-state index contributed by atoms with van der Waals surface area (Å²) in [6.07, 6.45) is 8.61. The molecule has 1 aromatic rings. The Kier molecular flexibility index (Phi) is 3.36. The molecule has 0 heteroatoms. The Bertz CT molecular complexity index is 378. The Morgan fingerprint density at radius 3 is 2.29 bits per heavy atom. The molecule has 0 aliphatic carbocycles. The van der Waals surface area contributed by atoms with Crippen LogP contribution in [-0.4, -0.2) is 0 Å². The second-order valence-corrected chi connectivity index (χ2v) is 3.92. The minimum Gasteiger partial charge on any atom is -0.0888 e. The Labute approximate surface area is 87.4 Å². The van der Waals surface area contributed by atoms with Gasteiger partial charge in [0.05, 0.1) is 0 Å². The van der Waals surface area contributed by atoms with E-state index in [0.29, 0.717) is 0 Å². The van der Waals surface area contributed by atoms with Crippen molar-refractivity contribution in [1.29, 1.82) is 0 Å². The van der Waals surface area contributed by atoms with Gasteiger partial charge in [-0.15, -0.1) is 0 Å². The number of hydrogen-bond acceptors (Lipinski definition) is 0. The lowest BCUT2D eigenvalue weighted by molar-refractivity contribution is 0.982. The van der Waals surface area contributed by atoms with Gasteiger partial charge in [0.25, 0.3) is 0 Å². The third kappa shape index (κ3) is 1.99. The van der Waals surface area contributed by atoms with Crippen LogP contribution in [0.15, 0.2) is 6.07 Å². The molecule has 0 saturated carbocycles. The molecule has 1 rings (SSSR count). The predicted molar refractivity (Wildman–Crippen MR) is 60.8 cm³/mol. The summed E-state index contributed by atoms with van der Waals surface area (Å²) < 4.78 is 0. The van der Waals surface area contributed by atoms with Crippen molar-refractivity contribution in [3.8, 4) is 5.92 Å². The van der Waals surface area contributed by atoms with Gasteiger partial charge in [0.1, 0.15) is 0 Å². The van der Waals surface area contributed by atoms with E-state index in [-0.39, 0.29) is 0 Å². The van der Waals surface area contributed by atoms with Gasteiger partial charge in [0.15, 0.2) is 0 Å². The second kappa shape index (κ2) is 4.33. The second-order valence-electron chi connectivity index (χ2n) is 3.92. The Balaban J connectivity index is 3.17. The zero-order chi connectivity index (χ0) is 10.7. The standard InChI is InChI=1S/C14H17/c1-6-7-8-14-11(3)9-10(2)12(4)13(14)5/h9H,7-8H2,2-5H3. The van der Waals surface area contributed by atoms with Gasteiger partial charge in [-0.3, -0.25) is 0 Å². The highest BCUT2D eigenvalue weighted by molar-refractivity contribution is 5.44. The maximum Gasteiger partial charge on any atom is 0.0140 e. The van der Waals surface area contributed by atoms with E-state index in [4.69, 9.17) is 6.42 Å². The Morgan fingerprint density at radius 1 is 1.07 bits per heavy atom. The highest BCUT2D eigenvalue weighted by Gasteiger charge is 2.06. The van der Waals surface area contributed by atoms with Gasteiger partial charge >= 0.3 is 0 Å². The molecule has 0 heterocycles. The van der Waals surface area contributed by atoms with Gasteiger partial charge in [0, 0.05) is 6.42 Å². The van der Waals surface area contributed by atoms with E-state index in [1.54, 1.807) is 0 Å². The summed E-state index contributed by atoms with van der Waals surface area (Å²) in [5.41, 5.74) is 6.88. The molecule has 1 radical (unpaired) electrons. The van der Waals surface area contributed by atoms with E-state index in [0.717, 1.165) is 12.8 Å². The molecule has 0 aromatic heterocycles. The average Bonchev–Trinajstić information content (AvgIpc) is 2.14. The van der Waals surface area contributed by atoms with Crippen LogP contribution in [0.4, 0.5) is 0 Å². The molecule has 0 saturated heterocycles. The highest BCUT2D eigenvalue weighted by Crippen LogP contribution is 2.22. The van der Waals surface area contributed by atoms with Crippen molar-refractivity contribution in [3.05, 3.63) is 40.3 Å². The van der Waals surface area contributed by atoms with Crippen molar-refractivity contribution in [3.63, 3.8) is 0 Å². The van der Waals surface area contributed by atoms with Crippen molar-refractivity contribution in [2.75, 3.05) is 0 Å². The number of hydrogen-bond donors (Lipinski definition) is 0. The SMILES string of the molecule is [C]#CCCc1c(C)cc(C)c(C)c1C. The van der Waals surface area contributed by atoms with E-state index in [1.807, 2.05) is 0 Å². The fourth-order valence-corrected chi connectivity index (χ4v) is 1.91. The molecule has 0 spiro atoms. The lowest BCUT2D eigenvalue weighted by Crippen LogP contribution is -1.98. The van der Waals surface area contributed by atoms with Gasteiger partial charge in [-0.2, -0.15) is 0 Å². The van der Waals surface area contributed by atoms with E-state index in [9.17, 15) is 0 Å². The molecule has 0 bridgehead atoms. The Morgan fingerprint density at radius 2 is 1.71 bits per heavy atom. The van der Waals surface area contributed by atoms with Crippen LogP contribution in [0.2, 0.25) is 0 Å². The first kappa shape index (κ1) is 10.9. The molecule has 0 nitrogen and oxygen atoms in total.